The molecule has 5 aromatic rings. The van der Waals surface area contributed by atoms with E-state index in [9.17, 15) is 9.59 Å². The second-order valence-corrected chi connectivity index (χ2v) is 12.6. The number of fused-ring (bicyclic) bond motifs is 1. The number of carbonyl (C=O) groups excluding carboxylic acids is 1. The van der Waals surface area contributed by atoms with Crippen molar-refractivity contribution in [2.24, 2.45) is 4.99 Å². The molecule has 1 aliphatic heterocycles. The Labute approximate surface area is 288 Å². The number of thiazole rings is 1. The molecule has 3 aromatic carbocycles. The highest BCUT2D eigenvalue weighted by atomic mass is 32.1. The van der Waals surface area contributed by atoms with Crippen molar-refractivity contribution >= 4 is 23.4 Å². The summed E-state index contributed by atoms with van der Waals surface area (Å²) < 4.78 is 20.7. The van der Waals surface area contributed by atoms with Gasteiger partial charge in [0.05, 0.1) is 41.2 Å². The van der Waals surface area contributed by atoms with Crippen molar-refractivity contribution in [3.8, 4) is 28.4 Å². The summed E-state index contributed by atoms with van der Waals surface area (Å²) in [5.74, 6) is 0.942. The molecule has 0 fully saturated rings. The number of hydrogen-bond acceptors (Lipinski definition) is 8. The summed E-state index contributed by atoms with van der Waals surface area (Å²) in [6, 6.07) is 22.4. The zero-order valence-electron chi connectivity index (χ0n) is 28.0. The van der Waals surface area contributed by atoms with Crippen molar-refractivity contribution < 1.29 is 19.0 Å². The number of ether oxygens (including phenoxy) is 3. The van der Waals surface area contributed by atoms with Gasteiger partial charge in [-0.1, -0.05) is 67.7 Å². The van der Waals surface area contributed by atoms with Crippen LogP contribution in [0.4, 0.5) is 0 Å². The molecule has 0 N–H and O–H groups in total. The number of nitrogens with zero attached hydrogens (tertiary/aromatic N) is 4. The van der Waals surface area contributed by atoms with E-state index in [2.05, 4.69) is 19.6 Å². The molecule has 0 radical (unpaired) electrons. The summed E-state index contributed by atoms with van der Waals surface area (Å²) in [6.45, 7) is 10.3. The summed E-state index contributed by atoms with van der Waals surface area (Å²) in [4.78, 5) is 33.0. The van der Waals surface area contributed by atoms with Crippen molar-refractivity contribution in [1.82, 2.24) is 14.3 Å². The molecule has 3 heterocycles. The summed E-state index contributed by atoms with van der Waals surface area (Å²) in [5.41, 5.74) is 5.48. The van der Waals surface area contributed by atoms with Crippen LogP contribution in [0.5, 0.6) is 11.5 Å². The third kappa shape index (κ3) is 6.91. The van der Waals surface area contributed by atoms with Gasteiger partial charge in [-0.15, -0.1) is 0 Å². The number of methoxy groups -OCH3 is 1. The van der Waals surface area contributed by atoms with Gasteiger partial charge in [0.1, 0.15) is 23.8 Å². The van der Waals surface area contributed by atoms with Crippen LogP contribution in [0.3, 0.4) is 0 Å². The first kappa shape index (κ1) is 33.4. The van der Waals surface area contributed by atoms with Crippen LogP contribution in [0.1, 0.15) is 49.4 Å². The monoisotopic (exact) mass is 674 g/mol. The first-order chi connectivity index (χ1) is 23.8. The average molecular weight is 675 g/mol. The molecule has 0 bridgehead atoms. The second-order valence-electron chi connectivity index (χ2n) is 11.6. The zero-order chi connectivity index (χ0) is 34.5. The molecule has 0 saturated carbocycles. The van der Waals surface area contributed by atoms with Crippen molar-refractivity contribution in [3.63, 3.8) is 0 Å². The van der Waals surface area contributed by atoms with Crippen LogP contribution in [0, 0.1) is 6.92 Å². The van der Waals surface area contributed by atoms with Crippen LogP contribution in [-0.4, -0.2) is 40.6 Å². The van der Waals surface area contributed by atoms with E-state index in [1.54, 1.807) is 30.7 Å². The van der Waals surface area contributed by atoms with Crippen molar-refractivity contribution in [1.29, 1.82) is 0 Å². The van der Waals surface area contributed by atoms with E-state index >= 15 is 0 Å². The minimum absolute atomic E-state index is 0.0366. The van der Waals surface area contributed by atoms with E-state index in [0.29, 0.717) is 33.0 Å². The number of unbranched alkanes of at least 4 members (excludes halogenated alkanes) is 1. The number of rotatable bonds is 12. The molecular weight excluding hydrogens is 637 g/mol. The fourth-order valence-electron chi connectivity index (χ4n) is 5.75. The van der Waals surface area contributed by atoms with Gasteiger partial charge in [-0.3, -0.25) is 9.36 Å². The molecular formula is C39H38N4O5S. The maximum Gasteiger partial charge on any atom is 0.338 e. The Bertz CT molecular complexity index is 2210. The Morgan fingerprint density at radius 1 is 1.06 bits per heavy atom. The minimum Gasteiger partial charge on any atom is -0.497 e. The van der Waals surface area contributed by atoms with Crippen LogP contribution in [0.2, 0.25) is 0 Å². The van der Waals surface area contributed by atoms with Crippen LogP contribution in [0.25, 0.3) is 23.0 Å². The normalized spacial score (nSPS) is 14.3. The molecule has 0 saturated heterocycles. The molecule has 2 aromatic heterocycles. The quantitative estimate of drug-likeness (QED) is 0.0874. The summed E-state index contributed by atoms with van der Waals surface area (Å²) in [7, 11) is 1.59. The number of aromatic nitrogens is 3. The fraction of sp³-hybridized carbons (Fsp3) is 0.231. The predicted molar refractivity (Wildman–Crippen MR) is 192 cm³/mol. The van der Waals surface area contributed by atoms with Gasteiger partial charge >= 0.3 is 5.97 Å². The fourth-order valence-corrected chi connectivity index (χ4v) is 6.79. The van der Waals surface area contributed by atoms with E-state index in [1.807, 2.05) is 78.5 Å². The number of benzene rings is 3. The molecule has 49 heavy (non-hydrogen) atoms. The van der Waals surface area contributed by atoms with Gasteiger partial charge in [0.15, 0.2) is 4.80 Å². The molecule has 6 rings (SSSR count). The number of aryl methyl sites for hydroxylation is 1. The Morgan fingerprint density at radius 3 is 2.53 bits per heavy atom. The van der Waals surface area contributed by atoms with Crippen LogP contribution < -0.4 is 24.4 Å². The third-order valence-corrected chi connectivity index (χ3v) is 9.24. The van der Waals surface area contributed by atoms with E-state index in [1.165, 1.54) is 17.4 Å². The molecule has 1 aliphatic rings. The molecule has 9 nitrogen and oxygen atoms in total. The van der Waals surface area contributed by atoms with Crippen molar-refractivity contribution in [2.45, 2.75) is 39.7 Å². The lowest BCUT2D eigenvalue weighted by Gasteiger charge is -2.24. The summed E-state index contributed by atoms with van der Waals surface area (Å²) in [6.07, 6.45) is 7.33. The molecule has 0 spiro atoms. The van der Waals surface area contributed by atoms with Gasteiger partial charge in [-0.2, -0.15) is 5.10 Å². The van der Waals surface area contributed by atoms with Gasteiger partial charge in [0, 0.05) is 17.3 Å². The highest BCUT2D eigenvalue weighted by Gasteiger charge is 2.33. The second kappa shape index (κ2) is 14.7. The Morgan fingerprint density at radius 2 is 1.84 bits per heavy atom. The van der Waals surface area contributed by atoms with E-state index < -0.39 is 12.0 Å². The standard InChI is InChI=1S/C39H38N4O5S/c1-6-8-21-47-32-19-16-28(22-25(32)3)35-29(24-42(41-35)30-12-10-9-11-13-30)23-33-37(44)43-36(27-14-17-31(46-5)18-15-27)34(38(45)48-20-7-2)26(4)40-39(43)49-33/h7,9-19,22-24,36H,2,6,8,20-21H2,1,3-5H3. The lowest BCUT2D eigenvalue weighted by Crippen LogP contribution is -2.39. The van der Waals surface area contributed by atoms with Crippen LogP contribution in [-0.2, 0) is 9.53 Å². The smallest absolute Gasteiger partial charge is 0.338 e. The number of para-hydroxylation sites is 1. The topological polar surface area (TPSA) is 96.9 Å². The first-order valence-corrected chi connectivity index (χ1v) is 17.0. The Balaban J connectivity index is 1.50. The lowest BCUT2D eigenvalue weighted by atomic mass is 9.96. The minimum atomic E-state index is -0.754. The van der Waals surface area contributed by atoms with E-state index in [4.69, 9.17) is 24.3 Å². The number of allylic oxidation sites excluding steroid dienone is 1. The highest BCUT2D eigenvalue weighted by Crippen LogP contribution is 2.32. The van der Waals surface area contributed by atoms with Crippen molar-refractivity contribution in [2.75, 3.05) is 20.3 Å². The molecule has 10 heteroatoms. The summed E-state index contributed by atoms with van der Waals surface area (Å²) >= 11 is 1.27. The SMILES string of the molecule is C=CCOC(=O)C1=C(C)N=c2sc(=Cc3cn(-c4ccccc4)nc3-c3ccc(OCCCC)c(C)c3)c(=O)n2C1c1ccc(OC)cc1. The van der Waals surface area contributed by atoms with Gasteiger partial charge < -0.3 is 14.2 Å². The maximum atomic E-state index is 14.4. The zero-order valence-corrected chi connectivity index (χ0v) is 28.8. The number of carbonyl (C=O) groups is 1. The first-order valence-electron chi connectivity index (χ1n) is 16.2. The largest absolute Gasteiger partial charge is 0.497 e. The maximum absolute atomic E-state index is 14.4. The number of esters is 1. The number of hydrogen-bond donors (Lipinski definition) is 0. The Kier molecular flexibility index (Phi) is 10.1. The summed E-state index contributed by atoms with van der Waals surface area (Å²) in [5, 5.41) is 4.99. The molecule has 250 valence electrons. The lowest BCUT2D eigenvalue weighted by molar-refractivity contribution is -0.138. The molecule has 1 atom stereocenters. The molecule has 1 unspecified atom stereocenters. The third-order valence-electron chi connectivity index (χ3n) is 8.26. The van der Waals surface area contributed by atoms with Gasteiger partial charge in [-0.05, 0) is 79.9 Å². The highest BCUT2D eigenvalue weighted by molar-refractivity contribution is 7.07. The van der Waals surface area contributed by atoms with Crippen molar-refractivity contribution in [3.05, 3.63) is 139 Å². The van der Waals surface area contributed by atoms with Gasteiger partial charge in [-0.25, -0.2) is 14.5 Å². The van der Waals surface area contributed by atoms with Crippen LogP contribution in [0.15, 0.2) is 113 Å². The average Bonchev–Trinajstić information content (AvgIpc) is 3.68. The van der Waals surface area contributed by atoms with Gasteiger partial charge in [0.2, 0.25) is 0 Å². The molecule has 0 aliphatic carbocycles. The predicted octanol–water partition coefficient (Wildman–Crippen LogP) is 6.31. The van der Waals surface area contributed by atoms with Gasteiger partial charge in [0.25, 0.3) is 5.56 Å². The van der Waals surface area contributed by atoms with E-state index in [0.717, 1.165) is 52.2 Å². The van der Waals surface area contributed by atoms with E-state index in [-0.39, 0.29) is 12.2 Å². The molecule has 0 amide bonds. The van der Waals surface area contributed by atoms with Crippen LogP contribution >= 0.6 is 11.3 Å². The Hall–Kier alpha value is -5.48.